The molecule has 0 bridgehead atoms. The fraction of sp³-hybridized carbons (Fsp3) is 0.800. The Bertz CT molecular complexity index is 429. The van der Waals surface area contributed by atoms with Crippen LogP contribution in [0.5, 0.6) is 0 Å². The molecule has 102 valence electrons. The molecule has 1 heterocycles. The van der Waals surface area contributed by atoms with E-state index in [-0.39, 0.29) is 0 Å². The van der Waals surface area contributed by atoms with E-state index in [0.717, 1.165) is 5.82 Å². The number of nitrogens with two attached hydrogens (primary N) is 1. The maximum atomic E-state index is 6.20. The maximum absolute atomic E-state index is 6.20. The number of aromatic nitrogens is 2. The van der Waals surface area contributed by atoms with E-state index in [2.05, 4.69) is 27.7 Å². The first-order valence-electron chi connectivity index (χ1n) is 7.17. The van der Waals surface area contributed by atoms with Gasteiger partial charge in [-0.3, -0.25) is 4.68 Å². The van der Waals surface area contributed by atoms with Crippen LogP contribution in [-0.2, 0) is 7.05 Å². The van der Waals surface area contributed by atoms with Crippen molar-refractivity contribution < 1.29 is 0 Å². The number of hydrogen-bond donors (Lipinski definition) is 1. The van der Waals surface area contributed by atoms with Crippen molar-refractivity contribution in [2.45, 2.75) is 65.2 Å². The van der Waals surface area contributed by atoms with Gasteiger partial charge in [-0.05, 0) is 24.2 Å². The summed E-state index contributed by atoms with van der Waals surface area (Å²) in [5.74, 6) is 1.86. The Morgan fingerprint density at radius 3 is 2.56 bits per heavy atom. The largest absolute Gasteiger partial charge is 0.384 e. The molecule has 1 unspecified atom stereocenters. The number of hydrogen-bond acceptors (Lipinski definition) is 2. The predicted octanol–water partition coefficient (Wildman–Crippen LogP) is 3.81. The molecule has 18 heavy (non-hydrogen) atoms. The second kappa shape index (κ2) is 4.60. The van der Waals surface area contributed by atoms with Crippen LogP contribution in [0.3, 0.4) is 0 Å². The molecule has 0 aliphatic heterocycles. The summed E-state index contributed by atoms with van der Waals surface area (Å²) in [5.41, 5.74) is 9.08. The van der Waals surface area contributed by atoms with Crippen LogP contribution < -0.4 is 5.73 Å². The Morgan fingerprint density at radius 2 is 2.00 bits per heavy atom. The molecule has 0 spiro atoms. The molecular weight excluding hydrogens is 222 g/mol. The highest BCUT2D eigenvalue weighted by Crippen LogP contribution is 2.48. The van der Waals surface area contributed by atoms with Crippen molar-refractivity contribution in [2.75, 3.05) is 5.73 Å². The van der Waals surface area contributed by atoms with Gasteiger partial charge in [0, 0.05) is 18.5 Å². The SMILES string of the molecule is CC(C)c1c(C2CCCCC2(C)C)nn(C)c1N. The lowest BCUT2D eigenvalue weighted by atomic mass is 9.66. The zero-order valence-corrected chi connectivity index (χ0v) is 12.5. The summed E-state index contributed by atoms with van der Waals surface area (Å²) < 4.78 is 1.86. The van der Waals surface area contributed by atoms with Gasteiger partial charge in [-0.25, -0.2) is 0 Å². The molecule has 1 aromatic rings. The van der Waals surface area contributed by atoms with Crippen LogP contribution in [0, 0.1) is 5.41 Å². The van der Waals surface area contributed by atoms with Crippen molar-refractivity contribution in [3.8, 4) is 0 Å². The van der Waals surface area contributed by atoms with E-state index in [9.17, 15) is 0 Å². The average molecular weight is 249 g/mol. The molecule has 3 nitrogen and oxygen atoms in total. The molecule has 1 fully saturated rings. The Kier molecular flexibility index (Phi) is 3.43. The summed E-state index contributed by atoms with van der Waals surface area (Å²) in [6, 6.07) is 0. The number of rotatable bonds is 2. The van der Waals surface area contributed by atoms with E-state index in [1.165, 1.54) is 36.9 Å². The highest BCUT2D eigenvalue weighted by molar-refractivity contribution is 5.47. The molecule has 1 saturated carbocycles. The molecule has 1 aliphatic carbocycles. The smallest absolute Gasteiger partial charge is 0.125 e. The molecule has 1 aliphatic rings. The lowest BCUT2D eigenvalue weighted by molar-refractivity contribution is 0.194. The van der Waals surface area contributed by atoms with Crippen LogP contribution in [0.1, 0.15) is 76.5 Å². The Labute approximate surface area is 111 Å². The van der Waals surface area contributed by atoms with Gasteiger partial charge in [-0.1, -0.05) is 40.5 Å². The van der Waals surface area contributed by atoms with Gasteiger partial charge in [0.05, 0.1) is 5.69 Å². The minimum atomic E-state index is 0.350. The van der Waals surface area contributed by atoms with Crippen LogP contribution in [0.25, 0.3) is 0 Å². The summed E-state index contributed by atoms with van der Waals surface area (Å²) in [6.45, 7) is 9.19. The van der Waals surface area contributed by atoms with Gasteiger partial charge in [0.2, 0.25) is 0 Å². The summed E-state index contributed by atoms with van der Waals surface area (Å²) in [4.78, 5) is 0. The molecule has 0 saturated heterocycles. The van der Waals surface area contributed by atoms with E-state index in [0.29, 0.717) is 17.3 Å². The summed E-state index contributed by atoms with van der Waals surface area (Å²) in [7, 11) is 1.96. The van der Waals surface area contributed by atoms with Gasteiger partial charge in [0.15, 0.2) is 0 Å². The summed E-state index contributed by atoms with van der Waals surface area (Å²) in [6.07, 6.45) is 5.22. The third-order valence-electron chi connectivity index (χ3n) is 4.57. The molecule has 1 atom stereocenters. The molecule has 0 amide bonds. The number of aryl methyl sites for hydroxylation is 1. The maximum Gasteiger partial charge on any atom is 0.125 e. The zero-order chi connectivity index (χ0) is 13.5. The molecule has 3 heteroatoms. The Morgan fingerprint density at radius 1 is 1.33 bits per heavy atom. The molecular formula is C15H27N3. The Hall–Kier alpha value is -0.990. The fourth-order valence-corrected chi connectivity index (χ4v) is 3.42. The topological polar surface area (TPSA) is 43.8 Å². The summed E-state index contributed by atoms with van der Waals surface area (Å²) >= 11 is 0. The van der Waals surface area contributed by atoms with Crippen molar-refractivity contribution in [1.82, 2.24) is 9.78 Å². The van der Waals surface area contributed by atoms with Gasteiger partial charge in [0.25, 0.3) is 0 Å². The first kappa shape index (κ1) is 13.4. The van der Waals surface area contributed by atoms with Crippen LogP contribution >= 0.6 is 0 Å². The van der Waals surface area contributed by atoms with E-state index in [1.807, 2.05) is 11.7 Å². The van der Waals surface area contributed by atoms with E-state index in [1.54, 1.807) is 0 Å². The van der Waals surface area contributed by atoms with Gasteiger partial charge in [-0.15, -0.1) is 0 Å². The molecule has 1 aromatic heterocycles. The van der Waals surface area contributed by atoms with Crippen LogP contribution in [0.2, 0.25) is 0 Å². The van der Waals surface area contributed by atoms with Crippen molar-refractivity contribution in [3.63, 3.8) is 0 Å². The number of anilines is 1. The first-order chi connectivity index (χ1) is 8.34. The number of nitrogens with zero attached hydrogens (tertiary/aromatic N) is 2. The van der Waals surface area contributed by atoms with Gasteiger partial charge < -0.3 is 5.73 Å². The van der Waals surface area contributed by atoms with Crippen molar-refractivity contribution in [3.05, 3.63) is 11.3 Å². The van der Waals surface area contributed by atoms with Crippen LogP contribution in [0.15, 0.2) is 0 Å². The lowest BCUT2D eigenvalue weighted by Gasteiger charge is -2.38. The van der Waals surface area contributed by atoms with Gasteiger partial charge >= 0.3 is 0 Å². The van der Waals surface area contributed by atoms with Crippen molar-refractivity contribution in [1.29, 1.82) is 0 Å². The third kappa shape index (κ3) is 2.15. The third-order valence-corrected chi connectivity index (χ3v) is 4.57. The van der Waals surface area contributed by atoms with E-state index in [4.69, 9.17) is 10.8 Å². The summed E-state index contributed by atoms with van der Waals surface area (Å²) in [5, 5.41) is 4.74. The lowest BCUT2D eigenvalue weighted by Crippen LogP contribution is -2.27. The van der Waals surface area contributed by atoms with Crippen molar-refractivity contribution >= 4 is 5.82 Å². The highest BCUT2D eigenvalue weighted by atomic mass is 15.3. The van der Waals surface area contributed by atoms with Gasteiger partial charge in [-0.2, -0.15) is 5.10 Å². The molecule has 2 N–H and O–H groups in total. The molecule has 0 aromatic carbocycles. The minimum Gasteiger partial charge on any atom is -0.384 e. The van der Waals surface area contributed by atoms with Crippen LogP contribution in [-0.4, -0.2) is 9.78 Å². The average Bonchev–Trinajstić information content (AvgIpc) is 2.54. The second-order valence-corrected chi connectivity index (χ2v) is 6.75. The minimum absolute atomic E-state index is 0.350. The first-order valence-corrected chi connectivity index (χ1v) is 7.17. The van der Waals surface area contributed by atoms with Crippen LogP contribution in [0.4, 0.5) is 5.82 Å². The standard InChI is InChI=1S/C15H27N3/c1-10(2)12-13(17-18(5)14(12)16)11-8-6-7-9-15(11,3)4/h10-11H,6-9,16H2,1-5H3. The molecule has 2 rings (SSSR count). The quantitative estimate of drug-likeness (QED) is 0.866. The fourth-order valence-electron chi connectivity index (χ4n) is 3.42. The van der Waals surface area contributed by atoms with Crippen molar-refractivity contribution in [2.24, 2.45) is 12.5 Å². The van der Waals surface area contributed by atoms with Gasteiger partial charge in [0.1, 0.15) is 5.82 Å². The highest BCUT2D eigenvalue weighted by Gasteiger charge is 2.37. The normalized spacial score (nSPS) is 23.6. The Balaban J connectivity index is 2.47. The second-order valence-electron chi connectivity index (χ2n) is 6.75. The molecule has 0 radical (unpaired) electrons. The van der Waals surface area contributed by atoms with E-state index >= 15 is 0 Å². The monoisotopic (exact) mass is 249 g/mol. The number of nitrogen functional groups attached to an aromatic ring is 1. The zero-order valence-electron chi connectivity index (χ0n) is 12.5. The van der Waals surface area contributed by atoms with E-state index < -0.39 is 0 Å². The predicted molar refractivity (Wildman–Crippen MR) is 76.7 cm³/mol.